The fourth-order valence-corrected chi connectivity index (χ4v) is 1.95. The zero-order chi connectivity index (χ0) is 15.1. The Morgan fingerprint density at radius 1 is 1.19 bits per heavy atom. The summed E-state index contributed by atoms with van der Waals surface area (Å²) in [6.45, 7) is 0. The molecule has 0 atom stereocenters. The van der Waals surface area contributed by atoms with Crippen molar-refractivity contribution in [3.63, 3.8) is 0 Å². The van der Waals surface area contributed by atoms with Crippen LogP contribution in [0.4, 0.5) is 10.5 Å². The highest BCUT2D eigenvalue weighted by Crippen LogP contribution is 2.27. The summed E-state index contributed by atoms with van der Waals surface area (Å²) >= 11 is 5.99. The second-order valence-corrected chi connectivity index (χ2v) is 4.60. The number of methoxy groups -OCH3 is 1. The van der Waals surface area contributed by atoms with Gasteiger partial charge in [-0.15, -0.1) is 0 Å². The average molecular weight is 303 g/mol. The molecule has 2 aromatic rings. The highest BCUT2D eigenvalue weighted by Gasteiger charge is 2.04. The van der Waals surface area contributed by atoms with Crippen LogP contribution in [-0.2, 0) is 0 Å². The van der Waals surface area contributed by atoms with Gasteiger partial charge in [0.2, 0.25) is 0 Å². The van der Waals surface area contributed by atoms with Crippen molar-refractivity contribution in [3.8, 4) is 5.75 Å². The Balaban J connectivity index is 1.90. The number of urea groups is 1. The number of hydrogen-bond donors (Lipinski definition) is 2. The van der Waals surface area contributed by atoms with Gasteiger partial charge in [0.15, 0.2) is 0 Å². The summed E-state index contributed by atoms with van der Waals surface area (Å²) in [7, 11) is 1.54. The number of carbonyl (C=O) groups excluding carboxylic acids is 1. The highest BCUT2D eigenvalue weighted by atomic mass is 35.5. The molecule has 0 saturated carbocycles. The molecule has 0 heterocycles. The van der Waals surface area contributed by atoms with E-state index in [0.29, 0.717) is 16.5 Å². The molecule has 0 aliphatic heterocycles. The second-order valence-electron chi connectivity index (χ2n) is 4.19. The molecule has 5 heteroatoms. The van der Waals surface area contributed by atoms with Crippen LogP contribution in [0.25, 0.3) is 6.08 Å². The van der Waals surface area contributed by atoms with E-state index in [4.69, 9.17) is 16.3 Å². The van der Waals surface area contributed by atoms with Gasteiger partial charge < -0.3 is 15.4 Å². The molecule has 0 spiro atoms. The van der Waals surface area contributed by atoms with Crippen LogP contribution >= 0.6 is 11.6 Å². The fraction of sp³-hybridized carbons (Fsp3) is 0.0625. The Labute approximate surface area is 128 Å². The van der Waals surface area contributed by atoms with Gasteiger partial charge in [-0.1, -0.05) is 41.9 Å². The Bertz CT molecular complexity index is 642. The van der Waals surface area contributed by atoms with Gasteiger partial charge in [0, 0.05) is 11.9 Å². The molecular weight excluding hydrogens is 288 g/mol. The van der Waals surface area contributed by atoms with Crippen LogP contribution in [0, 0.1) is 0 Å². The normalized spacial score (nSPS) is 10.4. The first-order chi connectivity index (χ1) is 10.2. The number of nitrogens with one attached hydrogen (secondary N) is 2. The van der Waals surface area contributed by atoms with Crippen molar-refractivity contribution in [2.45, 2.75) is 0 Å². The van der Waals surface area contributed by atoms with Crippen LogP contribution in [-0.4, -0.2) is 13.1 Å². The van der Waals surface area contributed by atoms with Gasteiger partial charge >= 0.3 is 6.03 Å². The molecule has 0 saturated heterocycles. The van der Waals surface area contributed by atoms with Crippen LogP contribution in [0.5, 0.6) is 5.75 Å². The van der Waals surface area contributed by atoms with Crippen LogP contribution in [0.1, 0.15) is 5.56 Å². The minimum atomic E-state index is -0.344. The lowest BCUT2D eigenvalue weighted by Crippen LogP contribution is -2.23. The maximum Gasteiger partial charge on any atom is 0.323 e. The van der Waals surface area contributed by atoms with E-state index < -0.39 is 0 Å². The molecular formula is C16H15ClN2O2. The summed E-state index contributed by atoms with van der Waals surface area (Å²) in [5.41, 5.74) is 1.59. The van der Waals surface area contributed by atoms with Crippen molar-refractivity contribution in [3.05, 3.63) is 65.3 Å². The van der Waals surface area contributed by atoms with Gasteiger partial charge in [0.25, 0.3) is 0 Å². The molecule has 4 nitrogen and oxygen atoms in total. The molecule has 0 aromatic heterocycles. The Morgan fingerprint density at radius 3 is 2.62 bits per heavy atom. The van der Waals surface area contributed by atoms with E-state index in [2.05, 4.69) is 10.6 Å². The number of halogens is 1. The summed E-state index contributed by atoms with van der Waals surface area (Å²) in [5, 5.41) is 5.74. The van der Waals surface area contributed by atoms with Crippen molar-refractivity contribution in [1.82, 2.24) is 5.32 Å². The predicted octanol–water partition coefficient (Wildman–Crippen LogP) is 4.14. The van der Waals surface area contributed by atoms with E-state index in [1.54, 1.807) is 30.5 Å². The van der Waals surface area contributed by atoms with Crippen LogP contribution < -0.4 is 15.4 Å². The molecule has 21 heavy (non-hydrogen) atoms. The van der Waals surface area contributed by atoms with Crippen LogP contribution in [0.15, 0.2) is 54.7 Å². The lowest BCUT2D eigenvalue weighted by Gasteiger charge is -2.07. The van der Waals surface area contributed by atoms with E-state index in [-0.39, 0.29) is 6.03 Å². The lowest BCUT2D eigenvalue weighted by molar-refractivity contribution is 0.255. The standard InChI is InChI=1S/C16H15ClN2O2/c1-21-15-8-7-13(11-14(15)17)19-16(20)18-10-9-12-5-3-2-4-6-12/h2-11H,1H3,(H2,18,19,20)/b10-9+. The molecule has 0 aliphatic rings. The molecule has 2 amide bonds. The van der Waals surface area contributed by atoms with Crippen LogP contribution in [0.3, 0.4) is 0 Å². The summed E-state index contributed by atoms with van der Waals surface area (Å²) in [6, 6.07) is 14.4. The molecule has 0 aliphatic carbocycles. The number of ether oxygens (including phenoxy) is 1. The van der Waals surface area contributed by atoms with Gasteiger partial charge in [0.05, 0.1) is 12.1 Å². The zero-order valence-electron chi connectivity index (χ0n) is 11.5. The summed E-state index contributed by atoms with van der Waals surface area (Å²) in [4.78, 5) is 11.7. The Kier molecular flexibility index (Phi) is 5.23. The Morgan fingerprint density at radius 2 is 1.95 bits per heavy atom. The van der Waals surface area contributed by atoms with Crippen molar-refractivity contribution >= 4 is 29.4 Å². The number of benzene rings is 2. The fourth-order valence-electron chi connectivity index (χ4n) is 1.69. The number of rotatable bonds is 4. The van der Waals surface area contributed by atoms with Crippen molar-refractivity contribution in [1.29, 1.82) is 0 Å². The average Bonchev–Trinajstić information content (AvgIpc) is 2.48. The van der Waals surface area contributed by atoms with Gasteiger partial charge in [0.1, 0.15) is 5.75 Å². The number of amides is 2. The number of carbonyl (C=O) groups is 1. The maximum absolute atomic E-state index is 11.7. The monoisotopic (exact) mass is 302 g/mol. The third-order valence-corrected chi connectivity index (χ3v) is 2.99. The molecule has 2 rings (SSSR count). The molecule has 0 unspecified atom stereocenters. The van der Waals surface area contributed by atoms with Gasteiger partial charge in [-0.3, -0.25) is 0 Å². The van der Waals surface area contributed by atoms with Crippen molar-refractivity contribution in [2.75, 3.05) is 12.4 Å². The Hall–Kier alpha value is -2.46. The van der Waals surface area contributed by atoms with Crippen LogP contribution in [0.2, 0.25) is 5.02 Å². The first-order valence-electron chi connectivity index (χ1n) is 6.31. The number of anilines is 1. The number of hydrogen-bond acceptors (Lipinski definition) is 2. The predicted molar refractivity (Wildman–Crippen MR) is 85.6 cm³/mol. The summed E-state index contributed by atoms with van der Waals surface area (Å²) < 4.78 is 5.05. The van der Waals surface area contributed by atoms with Crippen molar-refractivity contribution < 1.29 is 9.53 Å². The molecule has 0 fully saturated rings. The minimum absolute atomic E-state index is 0.344. The molecule has 108 valence electrons. The molecule has 2 N–H and O–H groups in total. The third-order valence-electron chi connectivity index (χ3n) is 2.70. The molecule has 0 bridgehead atoms. The van der Waals surface area contributed by atoms with Gasteiger partial charge in [-0.05, 0) is 29.8 Å². The summed E-state index contributed by atoms with van der Waals surface area (Å²) in [5.74, 6) is 0.562. The van der Waals surface area contributed by atoms with Crippen molar-refractivity contribution in [2.24, 2.45) is 0 Å². The third kappa shape index (κ3) is 4.54. The zero-order valence-corrected chi connectivity index (χ0v) is 12.2. The maximum atomic E-state index is 11.7. The van der Waals surface area contributed by atoms with E-state index in [1.165, 1.54) is 7.11 Å². The SMILES string of the molecule is COc1ccc(NC(=O)N/C=C/c2ccccc2)cc1Cl. The van der Waals surface area contributed by atoms with E-state index in [0.717, 1.165) is 5.56 Å². The molecule has 2 aromatic carbocycles. The highest BCUT2D eigenvalue weighted by molar-refractivity contribution is 6.32. The van der Waals surface area contributed by atoms with E-state index >= 15 is 0 Å². The van der Waals surface area contributed by atoms with Gasteiger partial charge in [-0.2, -0.15) is 0 Å². The second kappa shape index (κ2) is 7.36. The van der Waals surface area contributed by atoms with Gasteiger partial charge in [-0.25, -0.2) is 4.79 Å². The topological polar surface area (TPSA) is 50.4 Å². The largest absolute Gasteiger partial charge is 0.495 e. The first kappa shape index (κ1) is 14.9. The molecule has 0 radical (unpaired) electrons. The summed E-state index contributed by atoms with van der Waals surface area (Å²) in [6.07, 6.45) is 3.39. The smallest absolute Gasteiger partial charge is 0.323 e. The lowest BCUT2D eigenvalue weighted by atomic mass is 10.2. The first-order valence-corrected chi connectivity index (χ1v) is 6.69. The minimum Gasteiger partial charge on any atom is -0.495 e. The van der Waals surface area contributed by atoms with E-state index in [9.17, 15) is 4.79 Å². The van der Waals surface area contributed by atoms with E-state index in [1.807, 2.05) is 30.3 Å². The quantitative estimate of drug-likeness (QED) is 0.891.